The highest BCUT2D eigenvalue weighted by molar-refractivity contribution is 5.82. The summed E-state index contributed by atoms with van der Waals surface area (Å²) in [6, 6.07) is 23.1. The van der Waals surface area contributed by atoms with E-state index in [-0.39, 0.29) is 11.2 Å². The number of carbonyl (C=O) groups excluding carboxylic acids is 1. The highest BCUT2D eigenvalue weighted by Crippen LogP contribution is 2.25. The number of para-hydroxylation sites is 2. The van der Waals surface area contributed by atoms with Crippen LogP contribution in [0.25, 0.3) is 16.7 Å². The molecule has 4 rings (SSSR count). The molecule has 0 saturated carbocycles. The lowest BCUT2D eigenvalue weighted by atomic mass is 10.0. The van der Waals surface area contributed by atoms with Crippen molar-refractivity contribution in [3.8, 4) is 5.69 Å². The highest BCUT2D eigenvalue weighted by Gasteiger charge is 2.15. The van der Waals surface area contributed by atoms with Crippen molar-refractivity contribution < 1.29 is 4.79 Å². The molecule has 0 aliphatic heterocycles. The first kappa shape index (κ1) is 19.6. The molecule has 0 fully saturated rings. The second-order valence-electron chi connectivity index (χ2n) is 7.36. The van der Waals surface area contributed by atoms with Gasteiger partial charge in [0.1, 0.15) is 17.2 Å². The van der Waals surface area contributed by atoms with Crippen LogP contribution in [0.1, 0.15) is 24.6 Å². The van der Waals surface area contributed by atoms with E-state index in [2.05, 4.69) is 5.32 Å². The number of ketones is 1. The molecule has 0 radical (unpaired) electrons. The molecule has 150 valence electrons. The van der Waals surface area contributed by atoms with Crippen LogP contribution in [0.5, 0.6) is 0 Å². The molecular formula is C25H23N3O2. The standard InChI is InChI=1S/C25H23N3O2/c1-17(29)13-14-19-15-22-23(30)16-24(27-20-9-5-3-6-10-20)28(25(22)26-18(19)2)21-11-7-4-8-12-21/h3-12,15-16,27H,13-14H2,1-2H3. The number of carbonyl (C=O) groups is 1. The largest absolute Gasteiger partial charge is 0.341 e. The minimum atomic E-state index is -0.104. The van der Waals surface area contributed by atoms with Crippen molar-refractivity contribution in [1.29, 1.82) is 0 Å². The van der Waals surface area contributed by atoms with Crippen LogP contribution in [-0.2, 0) is 11.2 Å². The van der Waals surface area contributed by atoms with E-state index in [0.29, 0.717) is 29.7 Å². The molecule has 4 aromatic rings. The van der Waals surface area contributed by atoms with Gasteiger partial charge in [0, 0.05) is 29.6 Å². The van der Waals surface area contributed by atoms with Crippen LogP contribution in [-0.4, -0.2) is 15.3 Å². The fraction of sp³-hybridized carbons (Fsp3) is 0.160. The normalized spacial score (nSPS) is 10.9. The Labute approximate surface area is 175 Å². The van der Waals surface area contributed by atoms with E-state index in [1.54, 1.807) is 13.0 Å². The van der Waals surface area contributed by atoms with Gasteiger partial charge in [-0.25, -0.2) is 4.98 Å². The Morgan fingerprint density at radius 2 is 1.67 bits per heavy atom. The third-order valence-electron chi connectivity index (χ3n) is 5.09. The molecule has 5 nitrogen and oxygen atoms in total. The van der Waals surface area contributed by atoms with Crippen LogP contribution in [0.2, 0.25) is 0 Å². The van der Waals surface area contributed by atoms with Gasteiger partial charge >= 0.3 is 0 Å². The number of rotatable bonds is 6. The number of fused-ring (bicyclic) bond motifs is 1. The summed E-state index contributed by atoms with van der Waals surface area (Å²) in [5.74, 6) is 0.770. The number of Topliss-reactive ketones (excluding diaryl/α,β-unsaturated/α-hetero) is 1. The quantitative estimate of drug-likeness (QED) is 0.499. The maximum absolute atomic E-state index is 13.0. The maximum Gasteiger partial charge on any atom is 0.193 e. The summed E-state index contributed by atoms with van der Waals surface area (Å²) in [5.41, 5.74) is 4.03. The average molecular weight is 397 g/mol. The van der Waals surface area contributed by atoms with Crippen molar-refractivity contribution in [3.63, 3.8) is 0 Å². The second-order valence-corrected chi connectivity index (χ2v) is 7.36. The number of nitrogens with zero attached hydrogens (tertiary/aromatic N) is 2. The summed E-state index contributed by atoms with van der Waals surface area (Å²) in [5, 5.41) is 3.90. The van der Waals surface area contributed by atoms with Crippen molar-refractivity contribution >= 4 is 28.3 Å². The Bertz CT molecular complexity index is 1260. The molecule has 0 unspecified atom stereocenters. The zero-order valence-corrected chi connectivity index (χ0v) is 17.1. The first-order valence-corrected chi connectivity index (χ1v) is 9.96. The molecule has 2 aromatic carbocycles. The van der Waals surface area contributed by atoms with Gasteiger partial charge in [0.25, 0.3) is 0 Å². The van der Waals surface area contributed by atoms with Gasteiger partial charge < -0.3 is 10.1 Å². The number of pyridine rings is 2. The van der Waals surface area contributed by atoms with Crippen LogP contribution < -0.4 is 10.7 Å². The monoisotopic (exact) mass is 397 g/mol. The number of aromatic nitrogens is 2. The highest BCUT2D eigenvalue weighted by atomic mass is 16.1. The zero-order valence-electron chi connectivity index (χ0n) is 17.1. The number of benzene rings is 2. The molecule has 0 atom stereocenters. The van der Waals surface area contributed by atoms with Crippen LogP contribution in [0.4, 0.5) is 11.5 Å². The minimum Gasteiger partial charge on any atom is -0.341 e. The molecule has 0 amide bonds. The molecule has 2 aromatic heterocycles. The first-order valence-electron chi connectivity index (χ1n) is 9.96. The van der Waals surface area contributed by atoms with Gasteiger partial charge in [-0.1, -0.05) is 36.4 Å². The summed E-state index contributed by atoms with van der Waals surface area (Å²) in [6.07, 6.45) is 1.02. The molecule has 0 aliphatic rings. The predicted molar refractivity (Wildman–Crippen MR) is 121 cm³/mol. The molecule has 0 saturated heterocycles. The van der Waals surface area contributed by atoms with Gasteiger partial charge in [-0.2, -0.15) is 0 Å². The van der Waals surface area contributed by atoms with Gasteiger partial charge in [0.15, 0.2) is 5.43 Å². The van der Waals surface area contributed by atoms with Gasteiger partial charge in [-0.3, -0.25) is 9.36 Å². The number of nitrogens with one attached hydrogen (secondary N) is 1. The zero-order chi connectivity index (χ0) is 21.1. The first-order chi connectivity index (χ1) is 14.5. The van der Waals surface area contributed by atoms with E-state index >= 15 is 0 Å². The average Bonchev–Trinajstić information content (AvgIpc) is 2.74. The van der Waals surface area contributed by atoms with Crippen molar-refractivity contribution in [2.75, 3.05) is 5.32 Å². The molecule has 30 heavy (non-hydrogen) atoms. The second kappa shape index (κ2) is 8.33. The lowest BCUT2D eigenvalue weighted by molar-refractivity contribution is -0.116. The van der Waals surface area contributed by atoms with Crippen molar-refractivity contribution in [2.24, 2.45) is 0 Å². The molecule has 2 heterocycles. The summed E-state index contributed by atoms with van der Waals surface area (Å²) < 4.78 is 1.96. The van der Waals surface area contributed by atoms with Crippen molar-refractivity contribution in [1.82, 2.24) is 9.55 Å². The van der Waals surface area contributed by atoms with E-state index < -0.39 is 0 Å². The number of aryl methyl sites for hydroxylation is 2. The SMILES string of the molecule is CC(=O)CCc1cc2c(=O)cc(Nc3ccccc3)n(-c3ccccc3)c2nc1C. The van der Waals surface area contributed by atoms with Crippen LogP contribution in [0, 0.1) is 6.92 Å². The summed E-state index contributed by atoms with van der Waals surface area (Å²) >= 11 is 0. The van der Waals surface area contributed by atoms with Gasteiger partial charge in [0.05, 0.1) is 5.39 Å². The summed E-state index contributed by atoms with van der Waals surface area (Å²) in [6.45, 7) is 3.50. The van der Waals surface area contributed by atoms with E-state index in [1.807, 2.05) is 78.2 Å². The number of hydrogen-bond acceptors (Lipinski definition) is 4. The molecular weight excluding hydrogens is 374 g/mol. The third-order valence-corrected chi connectivity index (χ3v) is 5.09. The van der Waals surface area contributed by atoms with Crippen molar-refractivity contribution in [3.05, 3.63) is 94.3 Å². The van der Waals surface area contributed by atoms with Crippen LogP contribution in [0.15, 0.2) is 77.6 Å². The van der Waals surface area contributed by atoms with Crippen molar-refractivity contribution in [2.45, 2.75) is 26.7 Å². The topological polar surface area (TPSA) is 64.0 Å². The Morgan fingerprint density at radius 1 is 1.00 bits per heavy atom. The lowest BCUT2D eigenvalue weighted by Crippen LogP contribution is -2.15. The maximum atomic E-state index is 13.0. The fourth-order valence-electron chi connectivity index (χ4n) is 3.53. The number of hydrogen-bond donors (Lipinski definition) is 1. The molecule has 0 spiro atoms. The van der Waals surface area contributed by atoms with Crippen LogP contribution in [0.3, 0.4) is 0 Å². The van der Waals surface area contributed by atoms with E-state index in [1.165, 1.54) is 0 Å². The third kappa shape index (κ3) is 4.01. The molecule has 0 bridgehead atoms. The molecule has 0 aliphatic carbocycles. The smallest absolute Gasteiger partial charge is 0.193 e. The Morgan fingerprint density at radius 3 is 2.33 bits per heavy atom. The summed E-state index contributed by atoms with van der Waals surface area (Å²) in [4.78, 5) is 29.2. The minimum absolute atomic E-state index is 0.104. The van der Waals surface area contributed by atoms with Gasteiger partial charge in [0.2, 0.25) is 0 Å². The van der Waals surface area contributed by atoms with Gasteiger partial charge in [-0.05, 0) is 56.2 Å². The van der Waals surface area contributed by atoms with E-state index in [0.717, 1.165) is 22.6 Å². The fourth-order valence-corrected chi connectivity index (χ4v) is 3.53. The predicted octanol–water partition coefficient (Wildman–Crippen LogP) is 4.96. The lowest BCUT2D eigenvalue weighted by Gasteiger charge is -2.19. The molecule has 1 N–H and O–H groups in total. The van der Waals surface area contributed by atoms with Crippen LogP contribution >= 0.6 is 0 Å². The van der Waals surface area contributed by atoms with Gasteiger partial charge in [-0.15, -0.1) is 0 Å². The Balaban J connectivity index is 1.94. The van der Waals surface area contributed by atoms with E-state index in [9.17, 15) is 9.59 Å². The Hall–Kier alpha value is -3.73. The Kier molecular flexibility index (Phi) is 5.44. The van der Waals surface area contributed by atoms with E-state index in [4.69, 9.17) is 4.98 Å². The summed E-state index contributed by atoms with van der Waals surface area (Å²) in [7, 11) is 0. The number of anilines is 2. The molecule has 5 heteroatoms.